The number of benzene rings is 1. The molecule has 0 bridgehead atoms. The minimum Gasteiger partial charge on any atom is -0.312 e. The van der Waals surface area contributed by atoms with E-state index in [-0.39, 0.29) is 5.91 Å². The summed E-state index contributed by atoms with van der Waals surface area (Å²) in [4.78, 5) is 13.1. The van der Waals surface area contributed by atoms with Crippen LogP contribution in [0.4, 0.5) is 5.00 Å². The van der Waals surface area contributed by atoms with Gasteiger partial charge in [0.25, 0.3) is 5.91 Å². The molecule has 0 saturated carbocycles. The van der Waals surface area contributed by atoms with Gasteiger partial charge in [0.2, 0.25) is 0 Å². The number of thiophene rings is 1. The predicted octanol–water partition coefficient (Wildman–Crippen LogP) is 3.59. The van der Waals surface area contributed by atoms with Gasteiger partial charge in [-0.05, 0) is 35.9 Å². The van der Waals surface area contributed by atoms with Crippen LogP contribution in [0.2, 0.25) is 0 Å². The number of anilines is 1. The number of nitrogens with one attached hydrogen (secondary N) is 1. The van der Waals surface area contributed by atoms with Crippen molar-refractivity contribution in [1.82, 2.24) is 0 Å². The number of amides is 1. The van der Waals surface area contributed by atoms with E-state index in [9.17, 15) is 4.79 Å². The molecule has 0 aliphatic heterocycles. The molecule has 0 spiro atoms. The van der Waals surface area contributed by atoms with Crippen molar-refractivity contribution >= 4 is 34.0 Å². The second-order valence-corrected chi connectivity index (χ2v) is 5.26. The Morgan fingerprint density at radius 3 is 3.00 bits per heavy atom. The van der Waals surface area contributed by atoms with Gasteiger partial charge in [-0.1, -0.05) is 6.07 Å². The minimum atomic E-state index is -0.190. The number of carbonyl (C=O) groups excluding carboxylic acids is 1. The molecule has 2 aromatic rings. The first-order chi connectivity index (χ1) is 8.74. The molecule has 1 heterocycles. The summed E-state index contributed by atoms with van der Waals surface area (Å²) in [6, 6.07) is 11.1. The third-order valence-electron chi connectivity index (χ3n) is 2.34. The second kappa shape index (κ2) is 5.71. The fourth-order valence-electron chi connectivity index (χ4n) is 1.43. The van der Waals surface area contributed by atoms with Crippen LogP contribution < -0.4 is 5.32 Å². The Labute approximate surface area is 113 Å². The number of nitriles is 1. The molecule has 0 atom stereocenters. The maximum Gasteiger partial charge on any atom is 0.256 e. The number of carbonyl (C=O) groups is 1. The third-order valence-corrected chi connectivity index (χ3v) is 3.90. The van der Waals surface area contributed by atoms with Gasteiger partial charge < -0.3 is 5.32 Å². The van der Waals surface area contributed by atoms with Crippen molar-refractivity contribution in [2.75, 3.05) is 11.6 Å². The van der Waals surface area contributed by atoms with Gasteiger partial charge in [0.05, 0.1) is 5.56 Å². The molecule has 1 amide bonds. The summed E-state index contributed by atoms with van der Waals surface area (Å²) in [6.07, 6.45) is 1.96. The van der Waals surface area contributed by atoms with Crippen LogP contribution >= 0.6 is 23.1 Å². The summed E-state index contributed by atoms with van der Waals surface area (Å²) in [5.41, 5.74) is 1.09. The molecule has 0 fully saturated rings. The van der Waals surface area contributed by atoms with Crippen molar-refractivity contribution in [2.45, 2.75) is 4.90 Å². The predicted molar refractivity (Wildman–Crippen MR) is 75.2 cm³/mol. The Morgan fingerprint density at radius 1 is 1.44 bits per heavy atom. The molecule has 0 aliphatic carbocycles. The van der Waals surface area contributed by atoms with E-state index < -0.39 is 0 Å². The monoisotopic (exact) mass is 274 g/mol. The van der Waals surface area contributed by atoms with Crippen molar-refractivity contribution in [3.8, 4) is 6.07 Å². The van der Waals surface area contributed by atoms with Crippen LogP contribution in [-0.2, 0) is 0 Å². The molecular weight excluding hydrogens is 264 g/mol. The number of rotatable bonds is 3. The van der Waals surface area contributed by atoms with E-state index in [0.717, 1.165) is 4.90 Å². The largest absolute Gasteiger partial charge is 0.312 e. The molecular formula is C13H10N2OS2. The van der Waals surface area contributed by atoms with Crippen molar-refractivity contribution in [3.05, 3.63) is 46.8 Å². The Balaban J connectivity index is 2.20. The first-order valence-electron chi connectivity index (χ1n) is 5.17. The molecule has 0 radical (unpaired) electrons. The van der Waals surface area contributed by atoms with Crippen LogP contribution in [0.5, 0.6) is 0 Å². The van der Waals surface area contributed by atoms with Gasteiger partial charge in [-0.25, -0.2) is 0 Å². The Morgan fingerprint density at radius 2 is 2.28 bits per heavy atom. The number of hydrogen-bond donors (Lipinski definition) is 1. The first kappa shape index (κ1) is 12.7. The fourth-order valence-corrected chi connectivity index (χ4v) is 2.63. The molecule has 0 unspecified atom stereocenters. The van der Waals surface area contributed by atoms with Gasteiger partial charge in [0, 0.05) is 10.5 Å². The summed E-state index contributed by atoms with van der Waals surface area (Å²) in [7, 11) is 0. The van der Waals surface area contributed by atoms with E-state index in [2.05, 4.69) is 5.32 Å². The molecule has 5 heteroatoms. The van der Waals surface area contributed by atoms with Crippen LogP contribution in [0, 0.1) is 11.3 Å². The SMILES string of the molecule is CSc1cccc(C(=O)Nc2sccc2C#N)c1. The molecule has 1 aromatic heterocycles. The highest BCUT2D eigenvalue weighted by Gasteiger charge is 2.10. The minimum absolute atomic E-state index is 0.190. The quantitative estimate of drug-likeness (QED) is 0.870. The van der Waals surface area contributed by atoms with E-state index in [4.69, 9.17) is 5.26 Å². The van der Waals surface area contributed by atoms with E-state index in [1.54, 1.807) is 29.3 Å². The summed E-state index contributed by atoms with van der Waals surface area (Å²) in [6.45, 7) is 0. The summed E-state index contributed by atoms with van der Waals surface area (Å²) < 4.78 is 0. The summed E-state index contributed by atoms with van der Waals surface area (Å²) in [5, 5.41) is 14.0. The lowest BCUT2D eigenvalue weighted by molar-refractivity contribution is 0.102. The fraction of sp³-hybridized carbons (Fsp3) is 0.0769. The topological polar surface area (TPSA) is 52.9 Å². The standard InChI is InChI=1S/C13H10N2OS2/c1-17-11-4-2-3-9(7-11)12(16)15-13-10(8-14)5-6-18-13/h2-7H,1H3,(H,15,16). The van der Waals surface area contributed by atoms with Crippen LogP contribution in [0.1, 0.15) is 15.9 Å². The molecule has 18 heavy (non-hydrogen) atoms. The Bertz CT molecular complexity index is 613. The van der Waals surface area contributed by atoms with Crippen molar-refractivity contribution < 1.29 is 4.79 Å². The van der Waals surface area contributed by atoms with Crippen molar-refractivity contribution in [3.63, 3.8) is 0 Å². The van der Waals surface area contributed by atoms with Crippen molar-refractivity contribution in [1.29, 1.82) is 5.26 Å². The van der Waals surface area contributed by atoms with E-state index in [0.29, 0.717) is 16.1 Å². The maximum absolute atomic E-state index is 12.0. The summed E-state index contributed by atoms with van der Waals surface area (Å²) >= 11 is 2.93. The number of nitrogens with zero attached hydrogens (tertiary/aromatic N) is 1. The molecule has 3 nitrogen and oxygen atoms in total. The molecule has 2 rings (SSSR count). The van der Waals surface area contributed by atoms with Gasteiger partial charge in [-0.2, -0.15) is 5.26 Å². The van der Waals surface area contributed by atoms with E-state index in [1.807, 2.05) is 30.5 Å². The van der Waals surface area contributed by atoms with Crippen molar-refractivity contribution in [2.24, 2.45) is 0 Å². The van der Waals surface area contributed by atoms with Gasteiger partial charge in [0.1, 0.15) is 11.1 Å². The van der Waals surface area contributed by atoms with Crippen LogP contribution in [0.15, 0.2) is 40.6 Å². The molecule has 1 N–H and O–H groups in total. The summed E-state index contributed by atoms with van der Waals surface area (Å²) in [5.74, 6) is -0.190. The molecule has 90 valence electrons. The lowest BCUT2D eigenvalue weighted by Crippen LogP contribution is -2.11. The van der Waals surface area contributed by atoms with Crippen LogP contribution in [0.3, 0.4) is 0 Å². The highest BCUT2D eigenvalue weighted by Crippen LogP contribution is 2.23. The maximum atomic E-state index is 12.0. The highest BCUT2D eigenvalue weighted by molar-refractivity contribution is 7.98. The first-order valence-corrected chi connectivity index (χ1v) is 7.28. The average Bonchev–Trinajstić information content (AvgIpc) is 2.86. The zero-order valence-electron chi connectivity index (χ0n) is 9.64. The van der Waals surface area contributed by atoms with Crippen LogP contribution in [0.25, 0.3) is 0 Å². The average molecular weight is 274 g/mol. The van der Waals surface area contributed by atoms with Gasteiger partial charge in [-0.3, -0.25) is 4.79 Å². The van der Waals surface area contributed by atoms with Gasteiger partial charge in [0.15, 0.2) is 0 Å². The molecule has 0 saturated heterocycles. The Hall–Kier alpha value is -1.77. The normalized spacial score (nSPS) is 9.78. The number of hydrogen-bond acceptors (Lipinski definition) is 4. The molecule has 0 aliphatic rings. The lowest BCUT2D eigenvalue weighted by Gasteiger charge is -2.04. The number of thioether (sulfide) groups is 1. The van der Waals surface area contributed by atoms with Gasteiger partial charge in [-0.15, -0.1) is 23.1 Å². The third kappa shape index (κ3) is 2.73. The second-order valence-electron chi connectivity index (χ2n) is 3.46. The van der Waals surface area contributed by atoms with E-state index in [1.165, 1.54) is 11.3 Å². The van der Waals surface area contributed by atoms with Crippen LogP contribution in [-0.4, -0.2) is 12.2 Å². The Kier molecular flexibility index (Phi) is 4.03. The zero-order valence-corrected chi connectivity index (χ0v) is 11.3. The van der Waals surface area contributed by atoms with E-state index >= 15 is 0 Å². The highest BCUT2D eigenvalue weighted by atomic mass is 32.2. The van der Waals surface area contributed by atoms with Gasteiger partial charge >= 0.3 is 0 Å². The lowest BCUT2D eigenvalue weighted by atomic mass is 10.2. The zero-order chi connectivity index (χ0) is 13.0. The molecule has 1 aromatic carbocycles. The smallest absolute Gasteiger partial charge is 0.256 e.